The fraction of sp³-hybridized carbons (Fsp3) is 0. The highest BCUT2D eigenvalue weighted by Gasteiger charge is 2.20. The first-order valence-electron chi connectivity index (χ1n) is 20.7. The van der Waals surface area contributed by atoms with Gasteiger partial charge in [-0.05, 0) is 127 Å². The molecule has 11 aromatic carbocycles. The van der Waals surface area contributed by atoms with Crippen LogP contribution in [0.1, 0.15) is 0 Å². The van der Waals surface area contributed by atoms with Crippen LogP contribution in [0.2, 0.25) is 0 Å². The SMILES string of the molecule is c1ccc(-n2c3cc4ccccc4cc3c3c(-c4cccc(N(c5ccc(-c6cc7ccccc7c7ccccc67)cc5)c5cccc6ccccc56)c4)cccc32)cc1. The molecular weight excluding hydrogens is 725 g/mol. The lowest BCUT2D eigenvalue weighted by molar-refractivity contribution is 1.18. The number of anilines is 3. The van der Waals surface area contributed by atoms with Gasteiger partial charge < -0.3 is 9.47 Å². The van der Waals surface area contributed by atoms with Gasteiger partial charge in [0, 0.05) is 33.2 Å². The quantitative estimate of drug-likeness (QED) is 0.153. The van der Waals surface area contributed by atoms with Gasteiger partial charge in [0.1, 0.15) is 0 Å². The fourth-order valence-electron chi connectivity index (χ4n) is 9.57. The molecule has 0 spiro atoms. The van der Waals surface area contributed by atoms with Crippen LogP contribution in [0, 0.1) is 0 Å². The van der Waals surface area contributed by atoms with Crippen molar-refractivity contribution in [3.63, 3.8) is 0 Å². The predicted octanol–water partition coefficient (Wildman–Crippen LogP) is 16.2. The zero-order valence-electron chi connectivity index (χ0n) is 32.8. The molecule has 2 heteroatoms. The van der Waals surface area contributed by atoms with Crippen LogP contribution in [0.3, 0.4) is 0 Å². The maximum atomic E-state index is 2.43. The molecule has 0 aliphatic carbocycles. The van der Waals surface area contributed by atoms with E-state index in [0.717, 1.165) is 22.7 Å². The number of hydrogen-bond donors (Lipinski definition) is 0. The van der Waals surface area contributed by atoms with Crippen molar-refractivity contribution in [2.24, 2.45) is 0 Å². The molecule has 0 atom stereocenters. The first kappa shape index (κ1) is 34.1. The third-order valence-corrected chi connectivity index (χ3v) is 12.3. The third-order valence-electron chi connectivity index (χ3n) is 12.3. The second kappa shape index (κ2) is 13.9. The average molecular weight is 763 g/mol. The number of para-hydroxylation sites is 1. The van der Waals surface area contributed by atoms with Crippen LogP contribution in [-0.2, 0) is 0 Å². The number of aromatic nitrogens is 1. The Bertz CT molecular complexity index is 3590. The summed E-state index contributed by atoms with van der Waals surface area (Å²) in [6, 6.07) is 84.3. The lowest BCUT2D eigenvalue weighted by atomic mass is 9.93. The van der Waals surface area contributed by atoms with Crippen molar-refractivity contribution in [2.75, 3.05) is 4.90 Å². The molecule has 0 bridgehead atoms. The fourth-order valence-corrected chi connectivity index (χ4v) is 9.57. The topological polar surface area (TPSA) is 8.17 Å². The molecular formula is C58H38N2. The molecule has 0 radical (unpaired) electrons. The summed E-state index contributed by atoms with van der Waals surface area (Å²) in [5, 5.41) is 12.5. The molecule has 1 heterocycles. The van der Waals surface area contributed by atoms with E-state index in [9.17, 15) is 0 Å². The maximum Gasteiger partial charge on any atom is 0.0547 e. The minimum Gasteiger partial charge on any atom is -0.310 e. The van der Waals surface area contributed by atoms with Crippen molar-refractivity contribution in [1.82, 2.24) is 4.57 Å². The number of hydrogen-bond acceptors (Lipinski definition) is 1. The van der Waals surface area contributed by atoms with E-state index in [-0.39, 0.29) is 0 Å². The maximum absolute atomic E-state index is 2.43. The van der Waals surface area contributed by atoms with E-state index in [1.165, 1.54) is 87.1 Å². The minimum absolute atomic E-state index is 1.10. The van der Waals surface area contributed by atoms with Crippen LogP contribution in [0.5, 0.6) is 0 Å². The molecule has 0 aliphatic rings. The molecule has 2 nitrogen and oxygen atoms in total. The molecule has 0 saturated heterocycles. The Morgan fingerprint density at radius 2 is 0.933 bits per heavy atom. The highest BCUT2D eigenvalue weighted by Crippen LogP contribution is 2.44. The summed E-state index contributed by atoms with van der Waals surface area (Å²) in [5.41, 5.74) is 11.7. The van der Waals surface area contributed by atoms with Crippen LogP contribution in [0.4, 0.5) is 17.1 Å². The molecule has 60 heavy (non-hydrogen) atoms. The standard InChI is InChI=1S/C58H38N2/c1-2-21-45(22-3-1)60-56-30-14-28-50(58(56)54-36-41-16-4-5-17-42(41)38-57(54)60)43-20-12-23-47(35-43)59(55-29-13-19-39-15-6-9-25-49(39)55)46-33-31-40(32-34-46)53-37-44-18-7-8-24-48(44)51-26-10-11-27-52(51)53/h1-38H. The van der Waals surface area contributed by atoms with Gasteiger partial charge in [-0.3, -0.25) is 0 Å². The van der Waals surface area contributed by atoms with Crippen molar-refractivity contribution >= 4 is 82.0 Å². The lowest BCUT2D eigenvalue weighted by Gasteiger charge is -2.27. The minimum atomic E-state index is 1.10. The molecule has 12 rings (SSSR count). The van der Waals surface area contributed by atoms with Crippen molar-refractivity contribution in [3.05, 3.63) is 231 Å². The van der Waals surface area contributed by atoms with Gasteiger partial charge in [0.15, 0.2) is 0 Å². The van der Waals surface area contributed by atoms with Gasteiger partial charge in [-0.2, -0.15) is 0 Å². The number of rotatable bonds is 6. The van der Waals surface area contributed by atoms with Gasteiger partial charge in [0.2, 0.25) is 0 Å². The molecule has 0 saturated carbocycles. The normalized spacial score (nSPS) is 11.7. The number of nitrogens with zero attached hydrogens (tertiary/aromatic N) is 2. The summed E-state index contributed by atoms with van der Waals surface area (Å²) in [6.45, 7) is 0. The Kier molecular flexibility index (Phi) is 7.89. The smallest absolute Gasteiger partial charge is 0.0547 e. The van der Waals surface area contributed by atoms with Crippen molar-refractivity contribution in [1.29, 1.82) is 0 Å². The number of fused-ring (bicyclic) bond motifs is 8. The molecule has 0 aliphatic heterocycles. The first-order chi connectivity index (χ1) is 29.8. The van der Waals surface area contributed by atoms with E-state index >= 15 is 0 Å². The van der Waals surface area contributed by atoms with Gasteiger partial charge >= 0.3 is 0 Å². The summed E-state index contributed by atoms with van der Waals surface area (Å²) in [7, 11) is 0. The molecule has 0 N–H and O–H groups in total. The molecule has 1 aromatic heterocycles. The van der Waals surface area contributed by atoms with E-state index in [2.05, 4.69) is 240 Å². The van der Waals surface area contributed by atoms with Gasteiger partial charge in [0.05, 0.1) is 16.7 Å². The third kappa shape index (κ3) is 5.50. The average Bonchev–Trinajstić information content (AvgIpc) is 3.64. The largest absolute Gasteiger partial charge is 0.310 e. The summed E-state index contributed by atoms with van der Waals surface area (Å²) in [6.07, 6.45) is 0. The van der Waals surface area contributed by atoms with Crippen molar-refractivity contribution < 1.29 is 0 Å². The molecule has 0 unspecified atom stereocenters. The van der Waals surface area contributed by atoms with E-state index in [1.54, 1.807) is 0 Å². The Morgan fingerprint density at radius 1 is 0.300 bits per heavy atom. The Morgan fingerprint density at radius 3 is 1.75 bits per heavy atom. The van der Waals surface area contributed by atoms with Crippen molar-refractivity contribution in [3.8, 4) is 27.9 Å². The summed E-state index contributed by atoms with van der Waals surface area (Å²) in [5.74, 6) is 0. The van der Waals surface area contributed by atoms with Crippen LogP contribution in [0.15, 0.2) is 231 Å². The van der Waals surface area contributed by atoms with E-state index < -0.39 is 0 Å². The summed E-state index contributed by atoms with van der Waals surface area (Å²) >= 11 is 0. The van der Waals surface area contributed by atoms with Crippen molar-refractivity contribution in [2.45, 2.75) is 0 Å². The van der Waals surface area contributed by atoms with Crippen LogP contribution in [0.25, 0.3) is 92.8 Å². The summed E-state index contributed by atoms with van der Waals surface area (Å²) < 4.78 is 2.42. The Labute approximate surface area is 348 Å². The zero-order chi connectivity index (χ0) is 39.6. The second-order valence-electron chi connectivity index (χ2n) is 15.7. The van der Waals surface area contributed by atoms with Crippen LogP contribution in [-0.4, -0.2) is 4.57 Å². The Hall–Kier alpha value is -7.94. The van der Waals surface area contributed by atoms with Crippen LogP contribution < -0.4 is 4.90 Å². The lowest BCUT2D eigenvalue weighted by Crippen LogP contribution is -2.10. The molecule has 0 amide bonds. The highest BCUT2D eigenvalue weighted by atomic mass is 15.1. The highest BCUT2D eigenvalue weighted by molar-refractivity contribution is 6.19. The molecule has 0 fully saturated rings. The second-order valence-corrected chi connectivity index (χ2v) is 15.7. The van der Waals surface area contributed by atoms with E-state index in [1.807, 2.05) is 0 Å². The first-order valence-corrected chi connectivity index (χ1v) is 20.7. The zero-order valence-corrected chi connectivity index (χ0v) is 32.8. The monoisotopic (exact) mass is 762 g/mol. The molecule has 280 valence electrons. The van der Waals surface area contributed by atoms with E-state index in [0.29, 0.717) is 0 Å². The van der Waals surface area contributed by atoms with Gasteiger partial charge in [-0.15, -0.1) is 0 Å². The van der Waals surface area contributed by atoms with Crippen LogP contribution >= 0.6 is 0 Å². The van der Waals surface area contributed by atoms with E-state index in [4.69, 9.17) is 0 Å². The van der Waals surface area contributed by atoms with Gasteiger partial charge in [0.25, 0.3) is 0 Å². The Balaban J connectivity index is 1.05. The summed E-state index contributed by atoms with van der Waals surface area (Å²) in [4.78, 5) is 2.43. The molecule has 12 aromatic rings. The van der Waals surface area contributed by atoms with Gasteiger partial charge in [-0.1, -0.05) is 164 Å². The predicted molar refractivity (Wildman–Crippen MR) is 256 cm³/mol. The number of benzene rings is 11. The van der Waals surface area contributed by atoms with Gasteiger partial charge in [-0.25, -0.2) is 0 Å².